The molecule has 1 aromatic carbocycles. The molecule has 0 aliphatic carbocycles. The lowest BCUT2D eigenvalue weighted by Gasteiger charge is -2.35. The Morgan fingerprint density at radius 1 is 1.09 bits per heavy atom. The van der Waals surface area contributed by atoms with E-state index in [0.29, 0.717) is 32.1 Å². The summed E-state index contributed by atoms with van der Waals surface area (Å²) in [6.45, 7) is 7.67. The third kappa shape index (κ3) is 3.86. The second-order valence-electron chi connectivity index (χ2n) is 5.82. The van der Waals surface area contributed by atoms with Crippen LogP contribution in [0.1, 0.15) is 26.7 Å². The zero-order valence-electron chi connectivity index (χ0n) is 13.3. The Hall–Kier alpha value is -0.980. The highest BCUT2D eigenvalue weighted by Gasteiger charge is 2.30. The Kier molecular flexibility index (Phi) is 5.94. The summed E-state index contributed by atoms with van der Waals surface area (Å²) in [6, 6.07) is 5.58. The molecule has 6 heteroatoms. The van der Waals surface area contributed by atoms with E-state index in [2.05, 4.69) is 18.7 Å². The third-order valence-electron chi connectivity index (χ3n) is 4.46. The van der Waals surface area contributed by atoms with Crippen molar-refractivity contribution in [2.45, 2.75) is 31.6 Å². The molecule has 0 N–H and O–H groups in total. The largest absolute Gasteiger partial charge is 0.300 e. The fourth-order valence-corrected chi connectivity index (χ4v) is 4.34. The van der Waals surface area contributed by atoms with Crippen LogP contribution in [0, 0.1) is 11.7 Å². The van der Waals surface area contributed by atoms with Crippen molar-refractivity contribution in [2.75, 3.05) is 32.7 Å². The molecule has 2 rings (SSSR count). The van der Waals surface area contributed by atoms with Crippen molar-refractivity contribution in [3.05, 3.63) is 30.1 Å². The summed E-state index contributed by atoms with van der Waals surface area (Å²) in [6.07, 6.45) is 2.29. The average Bonchev–Trinajstić information content (AvgIpc) is 2.53. The Morgan fingerprint density at radius 2 is 1.68 bits per heavy atom. The number of benzene rings is 1. The zero-order valence-corrected chi connectivity index (χ0v) is 14.2. The minimum atomic E-state index is -3.72. The summed E-state index contributed by atoms with van der Waals surface area (Å²) < 4.78 is 40.2. The summed E-state index contributed by atoms with van der Waals surface area (Å²) in [7, 11) is -3.72. The lowest BCUT2D eigenvalue weighted by Crippen LogP contribution is -2.49. The van der Waals surface area contributed by atoms with Gasteiger partial charge in [0.15, 0.2) is 0 Å². The van der Waals surface area contributed by atoms with Gasteiger partial charge in [-0.3, -0.25) is 0 Å². The molecule has 1 heterocycles. The van der Waals surface area contributed by atoms with Crippen LogP contribution in [0.25, 0.3) is 0 Å². The molecule has 0 aromatic heterocycles. The van der Waals surface area contributed by atoms with Crippen molar-refractivity contribution in [1.29, 1.82) is 0 Å². The molecule has 22 heavy (non-hydrogen) atoms. The number of piperazine rings is 1. The summed E-state index contributed by atoms with van der Waals surface area (Å²) in [5, 5.41) is 0. The molecular weight excluding hydrogens is 303 g/mol. The molecule has 0 atom stereocenters. The molecule has 1 aromatic rings. The van der Waals surface area contributed by atoms with Crippen molar-refractivity contribution < 1.29 is 12.8 Å². The first kappa shape index (κ1) is 17.4. The maximum atomic E-state index is 13.8. The minimum absolute atomic E-state index is 0.219. The summed E-state index contributed by atoms with van der Waals surface area (Å²) in [5.41, 5.74) is 0. The molecular formula is C16H25FN2O2S. The fraction of sp³-hybridized carbons (Fsp3) is 0.625. The number of hydrogen-bond donors (Lipinski definition) is 0. The molecule has 124 valence electrons. The molecule has 1 aliphatic heterocycles. The van der Waals surface area contributed by atoms with Gasteiger partial charge in [-0.05, 0) is 18.1 Å². The topological polar surface area (TPSA) is 40.6 Å². The van der Waals surface area contributed by atoms with Crippen LogP contribution in [0.15, 0.2) is 29.2 Å². The molecule has 0 radical (unpaired) electrons. The number of sulfonamides is 1. The van der Waals surface area contributed by atoms with E-state index in [0.717, 1.165) is 19.4 Å². The van der Waals surface area contributed by atoms with Crippen LogP contribution in [0.3, 0.4) is 0 Å². The van der Waals surface area contributed by atoms with Crippen molar-refractivity contribution in [3.8, 4) is 0 Å². The monoisotopic (exact) mass is 328 g/mol. The number of nitrogens with zero attached hydrogens (tertiary/aromatic N) is 2. The predicted octanol–water partition coefficient (Wildman–Crippen LogP) is 2.57. The highest BCUT2D eigenvalue weighted by atomic mass is 32.2. The van der Waals surface area contributed by atoms with Gasteiger partial charge in [0.25, 0.3) is 0 Å². The van der Waals surface area contributed by atoms with Gasteiger partial charge in [0.2, 0.25) is 10.0 Å². The molecule has 0 bridgehead atoms. The van der Waals surface area contributed by atoms with Crippen LogP contribution >= 0.6 is 0 Å². The van der Waals surface area contributed by atoms with E-state index in [4.69, 9.17) is 0 Å². The second-order valence-corrected chi connectivity index (χ2v) is 7.72. The first-order chi connectivity index (χ1) is 10.5. The Bertz CT molecular complexity index is 580. The maximum absolute atomic E-state index is 13.8. The van der Waals surface area contributed by atoms with Crippen LogP contribution < -0.4 is 0 Å². The quantitative estimate of drug-likeness (QED) is 0.806. The lowest BCUT2D eigenvalue weighted by atomic mass is 10.0. The molecule has 1 aliphatic rings. The van der Waals surface area contributed by atoms with Gasteiger partial charge in [0.1, 0.15) is 10.7 Å². The van der Waals surface area contributed by atoms with Crippen molar-refractivity contribution in [2.24, 2.45) is 5.92 Å². The average molecular weight is 328 g/mol. The Labute approximate surface area is 133 Å². The highest BCUT2D eigenvalue weighted by molar-refractivity contribution is 7.89. The first-order valence-corrected chi connectivity index (χ1v) is 9.40. The van der Waals surface area contributed by atoms with E-state index >= 15 is 0 Å². The summed E-state index contributed by atoms with van der Waals surface area (Å²) in [4.78, 5) is 2.09. The van der Waals surface area contributed by atoms with Crippen LogP contribution in [0.4, 0.5) is 4.39 Å². The van der Waals surface area contributed by atoms with Gasteiger partial charge in [0.05, 0.1) is 0 Å². The van der Waals surface area contributed by atoms with Crippen LogP contribution in [-0.4, -0.2) is 50.3 Å². The van der Waals surface area contributed by atoms with E-state index in [1.165, 1.54) is 22.5 Å². The number of rotatable bonds is 6. The molecule has 0 unspecified atom stereocenters. The van der Waals surface area contributed by atoms with E-state index < -0.39 is 15.8 Å². The van der Waals surface area contributed by atoms with Gasteiger partial charge in [0, 0.05) is 32.7 Å². The van der Waals surface area contributed by atoms with Gasteiger partial charge in [-0.15, -0.1) is 0 Å². The van der Waals surface area contributed by atoms with Gasteiger partial charge in [-0.2, -0.15) is 4.31 Å². The van der Waals surface area contributed by atoms with Gasteiger partial charge in [-0.25, -0.2) is 12.8 Å². The molecule has 0 spiro atoms. The van der Waals surface area contributed by atoms with Crippen LogP contribution in [0.5, 0.6) is 0 Å². The molecule has 0 amide bonds. The molecule has 4 nitrogen and oxygen atoms in total. The predicted molar refractivity (Wildman–Crippen MR) is 85.7 cm³/mol. The summed E-state index contributed by atoms with van der Waals surface area (Å²) >= 11 is 0. The number of halogens is 1. The lowest BCUT2D eigenvalue weighted by molar-refractivity contribution is 0.161. The van der Waals surface area contributed by atoms with Crippen molar-refractivity contribution in [1.82, 2.24) is 9.21 Å². The van der Waals surface area contributed by atoms with Crippen LogP contribution in [-0.2, 0) is 10.0 Å². The van der Waals surface area contributed by atoms with Crippen LogP contribution in [0.2, 0.25) is 0 Å². The van der Waals surface area contributed by atoms with Gasteiger partial charge in [-0.1, -0.05) is 38.8 Å². The SMILES string of the molecule is CCC(CC)CN1CCN(S(=O)(=O)c2ccccc2F)CC1. The van der Waals surface area contributed by atoms with Crippen molar-refractivity contribution >= 4 is 10.0 Å². The Morgan fingerprint density at radius 3 is 2.23 bits per heavy atom. The Balaban J connectivity index is 2.01. The van der Waals surface area contributed by atoms with Gasteiger partial charge >= 0.3 is 0 Å². The van der Waals surface area contributed by atoms with E-state index in [9.17, 15) is 12.8 Å². The van der Waals surface area contributed by atoms with E-state index in [1.807, 2.05) is 0 Å². The first-order valence-electron chi connectivity index (χ1n) is 7.96. The normalized spacial score (nSPS) is 18.0. The minimum Gasteiger partial charge on any atom is -0.300 e. The second kappa shape index (κ2) is 7.53. The third-order valence-corrected chi connectivity index (χ3v) is 6.39. The smallest absolute Gasteiger partial charge is 0.246 e. The number of hydrogen-bond acceptors (Lipinski definition) is 3. The standard InChI is InChI=1S/C16H25FN2O2S/c1-3-14(4-2)13-18-9-11-19(12-10-18)22(20,21)16-8-6-5-7-15(16)17/h5-8,14H,3-4,9-13H2,1-2H3. The molecule has 0 saturated carbocycles. The molecule has 1 saturated heterocycles. The summed E-state index contributed by atoms with van der Waals surface area (Å²) in [5.74, 6) is -0.0170. The fourth-order valence-electron chi connectivity index (χ4n) is 2.86. The van der Waals surface area contributed by atoms with E-state index in [-0.39, 0.29) is 4.90 Å². The molecule has 1 fully saturated rings. The maximum Gasteiger partial charge on any atom is 0.246 e. The van der Waals surface area contributed by atoms with Crippen molar-refractivity contribution in [3.63, 3.8) is 0 Å². The zero-order chi connectivity index (χ0) is 16.2. The highest BCUT2D eigenvalue weighted by Crippen LogP contribution is 2.21. The van der Waals surface area contributed by atoms with E-state index in [1.54, 1.807) is 6.07 Å². The van der Waals surface area contributed by atoms with Gasteiger partial charge < -0.3 is 4.90 Å².